The van der Waals surface area contributed by atoms with E-state index in [1.165, 1.54) is 0 Å². The molecule has 0 saturated carbocycles. The van der Waals surface area contributed by atoms with Crippen LogP contribution in [0.2, 0.25) is 0 Å². The summed E-state index contributed by atoms with van der Waals surface area (Å²) in [5.74, 6) is -0.135. The van der Waals surface area contributed by atoms with Crippen molar-refractivity contribution in [3.63, 3.8) is 0 Å². The van der Waals surface area contributed by atoms with E-state index in [1.807, 2.05) is 31.3 Å². The Hall–Kier alpha value is -1.55. The van der Waals surface area contributed by atoms with Gasteiger partial charge in [-0.15, -0.1) is 0 Å². The Bertz CT molecular complexity index is 402. The topological polar surface area (TPSA) is 49.8 Å². The molecule has 4 heteroatoms. The van der Waals surface area contributed by atoms with Gasteiger partial charge in [0, 0.05) is 12.6 Å². The molecule has 1 aromatic rings. The number of aliphatic carboxylic acids is 1. The molecule has 1 aromatic carbocycles. The van der Waals surface area contributed by atoms with Gasteiger partial charge >= 0.3 is 5.97 Å². The second-order valence-corrected chi connectivity index (χ2v) is 4.50. The van der Waals surface area contributed by atoms with E-state index in [0.717, 1.165) is 11.3 Å². The average Bonchev–Trinajstić information content (AvgIpc) is 2.72. The lowest BCUT2D eigenvalue weighted by Gasteiger charge is -2.19. The molecule has 4 nitrogen and oxygen atoms in total. The Labute approximate surface area is 101 Å². The molecule has 2 rings (SSSR count). The maximum atomic E-state index is 11.0. The minimum absolute atomic E-state index is 0.196. The molecular weight excluding hydrogens is 218 g/mol. The molecule has 0 radical (unpaired) electrons. The molecule has 0 amide bonds. The van der Waals surface area contributed by atoms with Crippen molar-refractivity contribution in [2.45, 2.75) is 12.5 Å². The standard InChI is InChI=1S/C13H17NO3/c1-14-8-10(13(15)16)7-12(14)9-3-5-11(17-2)6-4-9/h3-6,10,12H,7-8H2,1-2H3,(H,15,16). The fourth-order valence-corrected chi connectivity index (χ4v) is 2.39. The molecule has 1 aliphatic heterocycles. The van der Waals surface area contributed by atoms with Gasteiger partial charge in [-0.3, -0.25) is 9.69 Å². The largest absolute Gasteiger partial charge is 0.497 e. The van der Waals surface area contributed by atoms with Crippen molar-refractivity contribution in [3.8, 4) is 5.75 Å². The van der Waals surface area contributed by atoms with Crippen LogP contribution in [0.4, 0.5) is 0 Å². The molecule has 1 N–H and O–H groups in total. The van der Waals surface area contributed by atoms with Gasteiger partial charge in [0.25, 0.3) is 0 Å². The van der Waals surface area contributed by atoms with Gasteiger partial charge in [0.2, 0.25) is 0 Å². The molecule has 0 spiro atoms. The van der Waals surface area contributed by atoms with Gasteiger partial charge in [-0.25, -0.2) is 0 Å². The molecule has 92 valence electrons. The lowest BCUT2D eigenvalue weighted by Crippen LogP contribution is -2.20. The third-order valence-corrected chi connectivity index (χ3v) is 3.40. The number of hydrogen-bond acceptors (Lipinski definition) is 3. The molecule has 1 aliphatic rings. The van der Waals surface area contributed by atoms with Crippen LogP contribution < -0.4 is 4.74 Å². The van der Waals surface area contributed by atoms with Crippen molar-refractivity contribution in [1.82, 2.24) is 4.90 Å². The number of carboxylic acids is 1. The van der Waals surface area contributed by atoms with Crippen molar-refractivity contribution in [2.75, 3.05) is 20.7 Å². The number of nitrogens with zero attached hydrogens (tertiary/aromatic N) is 1. The van der Waals surface area contributed by atoms with Crippen LogP contribution >= 0.6 is 0 Å². The minimum Gasteiger partial charge on any atom is -0.497 e. The van der Waals surface area contributed by atoms with Crippen LogP contribution in [0.5, 0.6) is 5.75 Å². The summed E-state index contributed by atoms with van der Waals surface area (Å²) in [6.07, 6.45) is 0.679. The summed E-state index contributed by atoms with van der Waals surface area (Å²) in [7, 11) is 3.61. The Morgan fingerprint density at radius 3 is 2.53 bits per heavy atom. The highest BCUT2D eigenvalue weighted by atomic mass is 16.5. The lowest BCUT2D eigenvalue weighted by molar-refractivity contribution is -0.141. The number of hydrogen-bond donors (Lipinski definition) is 1. The number of methoxy groups -OCH3 is 1. The molecule has 1 saturated heterocycles. The Kier molecular flexibility index (Phi) is 3.33. The highest BCUT2D eigenvalue weighted by Crippen LogP contribution is 2.34. The highest BCUT2D eigenvalue weighted by molar-refractivity contribution is 5.70. The van der Waals surface area contributed by atoms with Gasteiger partial charge in [-0.05, 0) is 31.2 Å². The highest BCUT2D eigenvalue weighted by Gasteiger charge is 2.34. The van der Waals surface area contributed by atoms with Crippen LogP contribution in [0.3, 0.4) is 0 Å². The molecular formula is C13H17NO3. The van der Waals surface area contributed by atoms with Crippen molar-refractivity contribution in [3.05, 3.63) is 29.8 Å². The van der Waals surface area contributed by atoms with Crippen molar-refractivity contribution >= 4 is 5.97 Å². The van der Waals surface area contributed by atoms with E-state index in [0.29, 0.717) is 13.0 Å². The van der Waals surface area contributed by atoms with E-state index in [1.54, 1.807) is 7.11 Å². The first-order valence-corrected chi connectivity index (χ1v) is 5.69. The molecule has 1 heterocycles. The molecule has 0 aromatic heterocycles. The number of carboxylic acid groups (broad SMARTS) is 1. The van der Waals surface area contributed by atoms with Gasteiger partial charge in [0.05, 0.1) is 13.0 Å². The van der Waals surface area contributed by atoms with Crippen molar-refractivity contribution in [2.24, 2.45) is 5.92 Å². The summed E-state index contributed by atoms with van der Waals surface area (Å²) in [6.45, 7) is 0.617. The summed E-state index contributed by atoms with van der Waals surface area (Å²) >= 11 is 0. The molecule has 2 atom stereocenters. The Balaban J connectivity index is 2.14. The van der Waals surface area contributed by atoms with E-state index in [-0.39, 0.29) is 12.0 Å². The summed E-state index contributed by atoms with van der Waals surface area (Å²) in [5.41, 5.74) is 1.15. The minimum atomic E-state index is -0.701. The predicted octanol–water partition coefficient (Wildman–Crippen LogP) is 1.77. The molecule has 17 heavy (non-hydrogen) atoms. The summed E-state index contributed by atoms with van der Waals surface area (Å²) in [5, 5.41) is 9.03. The van der Waals surface area contributed by atoms with E-state index in [4.69, 9.17) is 9.84 Å². The van der Waals surface area contributed by atoms with E-state index in [9.17, 15) is 4.79 Å². The summed E-state index contributed by atoms with van der Waals surface area (Å²) in [6, 6.07) is 8.03. The third kappa shape index (κ3) is 2.42. The maximum absolute atomic E-state index is 11.0. The normalized spacial score (nSPS) is 24.8. The van der Waals surface area contributed by atoms with Crippen LogP contribution in [0.1, 0.15) is 18.0 Å². The number of ether oxygens (including phenoxy) is 1. The quantitative estimate of drug-likeness (QED) is 0.867. The zero-order chi connectivity index (χ0) is 12.4. The lowest BCUT2D eigenvalue weighted by atomic mass is 10.00. The Morgan fingerprint density at radius 1 is 1.41 bits per heavy atom. The average molecular weight is 235 g/mol. The number of likely N-dealkylation sites (tertiary alicyclic amines) is 1. The zero-order valence-corrected chi connectivity index (χ0v) is 10.1. The van der Waals surface area contributed by atoms with E-state index < -0.39 is 5.97 Å². The van der Waals surface area contributed by atoms with Crippen molar-refractivity contribution in [1.29, 1.82) is 0 Å². The van der Waals surface area contributed by atoms with Gasteiger partial charge in [-0.1, -0.05) is 12.1 Å². The second kappa shape index (κ2) is 4.75. The first-order valence-electron chi connectivity index (χ1n) is 5.69. The Morgan fingerprint density at radius 2 is 2.06 bits per heavy atom. The van der Waals surface area contributed by atoms with Gasteiger partial charge in [-0.2, -0.15) is 0 Å². The molecule has 0 bridgehead atoms. The van der Waals surface area contributed by atoms with Crippen LogP contribution in [-0.4, -0.2) is 36.7 Å². The second-order valence-electron chi connectivity index (χ2n) is 4.50. The van der Waals surface area contributed by atoms with E-state index >= 15 is 0 Å². The summed E-state index contributed by atoms with van der Waals surface area (Å²) < 4.78 is 5.11. The fourth-order valence-electron chi connectivity index (χ4n) is 2.39. The van der Waals surface area contributed by atoms with E-state index in [2.05, 4.69) is 4.90 Å². The first kappa shape index (κ1) is 11.9. The van der Waals surface area contributed by atoms with Crippen LogP contribution in [0, 0.1) is 5.92 Å². The maximum Gasteiger partial charge on any atom is 0.307 e. The van der Waals surface area contributed by atoms with Crippen molar-refractivity contribution < 1.29 is 14.6 Å². The zero-order valence-electron chi connectivity index (χ0n) is 10.1. The first-order chi connectivity index (χ1) is 8.11. The van der Waals surface area contributed by atoms with Crippen LogP contribution in [0.15, 0.2) is 24.3 Å². The molecule has 1 fully saturated rings. The molecule has 2 unspecified atom stereocenters. The van der Waals surface area contributed by atoms with Gasteiger partial charge < -0.3 is 9.84 Å². The fraction of sp³-hybridized carbons (Fsp3) is 0.462. The summed E-state index contributed by atoms with van der Waals surface area (Å²) in [4.78, 5) is 13.1. The number of benzene rings is 1. The van der Waals surface area contributed by atoms with Gasteiger partial charge in [0.1, 0.15) is 5.75 Å². The number of rotatable bonds is 3. The molecule has 0 aliphatic carbocycles. The predicted molar refractivity (Wildman–Crippen MR) is 64.1 cm³/mol. The van der Waals surface area contributed by atoms with Gasteiger partial charge in [0.15, 0.2) is 0 Å². The third-order valence-electron chi connectivity index (χ3n) is 3.40. The number of carbonyl (C=O) groups is 1. The smallest absolute Gasteiger partial charge is 0.307 e. The van der Waals surface area contributed by atoms with Crippen LogP contribution in [-0.2, 0) is 4.79 Å². The monoisotopic (exact) mass is 235 g/mol. The SMILES string of the molecule is COc1ccc(C2CC(C(=O)O)CN2C)cc1. The van der Waals surface area contributed by atoms with Crippen LogP contribution in [0.25, 0.3) is 0 Å².